The topological polar surface area (TPSA) is 64.3 Å². The maximum absolute atomic E-state index is 11.0. The van der Waals surface area contributed by atoms with Crippen molar-refractivity contribution in [2.45, 2.75) is 25.3 Å². The smallest absolute Gasteiger partial charge is 0.305 e. The zero-order valence-corrected chi connectivity index (χ0v) is 8.08. The summed E-state index contributed by atoms with van der Waals surface area (Å²) >= 11 is 0. The summed E-state index contributed by atoms with van der Waals surface area (Å²) in [6, 6.07) is 0.133. The van der Waals surface area contributed by atoms with Gasteiger partial charge in [0.1, 0.15) is 0 Å². The largest absolute Gasteiger partial charge is 0.469 e. The minimum atomic E-state index is -0.151. The summed E-state index contributed by atoms with van der Waals surface area (Å²) in [4.78, 5) is 11.0. The van der Waals surface area contributed by atoms with Crippen molar-refractivity contribution in [3.63, 3.8) is 0 Å². The predicted molar refractivity (Wildman–Crippen MR) is 50.2 cm³/mol. The molecule has 2 unspecified atom stereocenters. The zero-order valence-electron chi connectivity index (χ0n) is 8.08. The molecule has 1 fully saturated rings. The number of carbonyl (C=O) groups is 1. The molecule has 0 aliphatic carbocycles. The average molecular weight is 186 g/mol. The van der Waals surface area contributed by atoms with E-state index < -0.39 is 0 Å². The first-order chi connectivity index (χ1) is 6.24. The van der Waals surface area contributed by atoms with Crippen molar-refractivity contribution in [1.82, 2.24) is 5.32 Å². The Hall–Kier alpha value is -0.610. The average Bonchev–Trinajstić information content (AvgIpc) is 2.32. The highest BCUT2D eigenvalue weighted by Gasteiger charge is 2.22. The SMILES string of the molecule is COC(=O)CC1CCNCCC1N. The third kappa shape index (κ3) is 3.32. The number of carbonyl (C=O) groups excluding carboxylic acids is 1. The number of methoxy groups -OCH3 is 1. The second-order valence-corrected chi connectivity index (χ2v) is 3.53. The maximum Gasteiger partial charge on any atom is 0.305 e. The molecule has 4 heteroatoms. The van der Waals surface area contributed by atoms with Gasteiger partial charge in [-0.25, -0.2) is 0 Å². The molecule has 1 rings (SSSR count). The number of nitrogens with one attached hydrogen (secondary N) is 1. The quantitative estimate of drug-likeness (QED) is 0.590. The van der Waals surface area contributed by atoms with Gasteiger partial charge in [0.05, 0.1) is 7.11 Å². The van der Waals surface area contributed by atoms with Crippen molar-refractivity contribution in [3.8, 4) is 0 Å². The molecule has 1 saturated heterocycles. The molecule has 1 heterocycles. The number of rotatable bonds is 2. The molecule has 0 aromatic heterocycles. The first-order valence-electron chi connectivity index (χ1n) is 4.77. The van der Waals surface area contributed by atoms with Gasteiger partial charge in [-0.1, -0.05) is 0 Å². The van der Waals surface area contributed by atoms with Crippen LogP contribution in [0, 0.1) is 5.92 Å². The summed E-state index contributed by atoms with van der Waals surface area (Å²) in [5, 5.41) is 3.27. The number of hydrogen-bond acceptors (Lipinski definition) is 4. The van der Waals surface area contributed by atoms with Crippen molar-refractivity contribution in [1.29, 1.82) is 0 Å². The fourth-order valence-corrected chi connectivity index (χ4v) is 1.68. The molecule has 0 radical (unpaired) electrons. The molecule has 3 N–H and O–H groups in total. The first kappa shape index (κ1) is 10.5. The summed E-state index contributed by atoms with van der Waals surface area (Å²) in [5.41, 5.74) is 5.93. The molecule has 0 amide bonds. The van der Waals surface area contributed by atoms with Crippen LogP contribution in [0.4, 0.5) is 0 Å². The van der Waals surface area contributed by atoms with Crippen LogP contribution in [0.15, 0.2) is 0 Å². The number of ether oxygens (including phenoxy) is 1. The Labute approximate surface area is 78.8 Å². The lowest BCUT2D eigenvalue weighted by atomic mass is 9.92. The number of esters is 1. The van der Waals surface area contributed by atoms with Gasteiger partial charge in [-0.3, -0.25) is 4.79 Å². The first-order valence-corrected chi connectivity index (χ1v) is 4.77. The van der Waals surface area contributed by atoms with E-state index in [2.05, 4.69) is 10.1 Å². The minimum Gasteiger partial charge on any atom is -0.469 e. The zero-order chi connectivity index (χ0) is 9.68. The highest BCUT2D eigenvalue weighted by molar-refractivity contribution is 5.69. The van der Waals surface area contributed by atoms with E-state index in [1.165, 1.54) is 7.11 Å². The lowest BCUT2D eigenvalue weighted by molar-refractivity contribution is -0.141. The Balaban J connectivity index is 2.40. The summed E-state index contributed by atoms with van der Waals surface area (Å²) in [7, 11) is 1.42. The standard InChI is InChI=1S/C9H18N2O2/c1-13-9(12)6-7-2-4-11-5-3-8(7)10/h7-8,11H,2-6,10H2,1H3. The summed E-state index contributed by atoms with van der Waals surface area (Å²) in [6.07, 6.45) is 2.37. The molecule has 4 nitrogen and oxygen atoms in total. The molecule has 0 aromatic carbocycles. The minimum absolute atomic E-state index is 0.133. The molecule has 0 bridgehead atoms. The van der Waals surface area contributed by atoms with Crippen LogP contribution in [0.2, 0.25) is 0 Å². The highest BCUT2D eigenvalue weighted by Crippen LogP contribution is 2.16. The van der Waals surface area contributed by atoms with Gasteiger partial charge in [-0.2, -0.15) is 0 Å². The normalized spacial score (nSPS) is 29.4. The second kappa shape index (κ2) is 5.19. The van der Waals surface area contributed by atoms with Crippen LogP contribution >= 0.6 is 0 Å². The van der Waals surface area contributed by atoms with E-state index in [1.807, 2.05) is 0 Å². The van der Waals surface area contributed by atoms with Gasteiger partial charge in [0.25, 0.3) is 0 Å². The lowest BCUT2D eigenvalue weighted by Crippen LogP contribution is -2.31. The van der Waals surface area contributed by atoms with E-state index in [9.17, 15) is 4.79 Å². The third-order valence-electron chi connectivity index (χ3n) is 2.61. The molecule has 1 aliphatic rings. The van der Waals surface area contributed by atoms with Crippen LogP contribution < -0.4 is 11.1 Å². The van der Waals surface area contributed by atoms with Gasteiger partial charge < -0.3 is 15.8 Å². The van der Waals surface area contributed by atoms with Crippen molar-refractivity contribution in [3.05, 3.63) is 0 Å². The Morgan fingerprint density at radius 3 is 2.92 bits per heavy atom. The summed E-state index contributed by atoms with van der Waals surface area (Å²) < 4.78 is 4.63. The maximum atomic E-state index is 11.0. The fourth-order valence-electron chi connectivity index (χ4n) is 1.68. The Morgan fingerprint density at radius 1 is 1.54 bits per heavy atom. The van der Waals surface area contributed by atoms with Crippen LogP contribution in [-0.4, -0.2) is 32.2 Å². The monoisotopic (exact) mass is 186 g/mol. The van der Waals surface area contributed by atoms with Gasteiger partial charge >= 0.3 is 5.97 Å². The summed E-state index contributed by atoms with van der Waals surface area (Å²) in [6.45, 7) is 1.91. The van der Waals surface area contributed by atoms with Crippen LogP contribution in [0.25, 0.3) is 0 Å². The third-order valence-corrected chi connectivity index (χ3v) is 2.61. The van der Waals surface area contributed by atoms with E-state index in [0.29, 0.717) is 6.42 Å². The van der Waals surface area contributed by atoms with Crippen molar-refractivity contribution < 1.29 is 9.53 Å². The van der Waals surface area contributed by atoms with E-state index in [-0.39, 0.29) is 17.9 Å². The van der Waals surface area contributed by atoms with Crippen molar-refractivity contribution in [2.24, 2.45) is 11.7 Å². The van der Waals surface area contributed by atoms with Crippen LogP contribution in [0.3, 0.4) is 0 Å². The molecule has 76 valence electrons. The lowest BCUT2D eigenvalue weighted by Gasteiger charge is -2.19. The Kier molecular flexibility index (Phi) is 4.18. The Bertz CT molecular complexity index is 173. The van der Waals surface area contributed by atoms with Gasteiger partial charge in [-0.15, -0.1) is 0 Å². The molecular weight excluding hydrogens is 168 g/mol. The molecule has 1 aliphatic heterocycles. The van der Waals surface area contributed by atoms with E-state index in [1.54, 1.807) is 0 Å². The van der Waals surface area contributed by atoms with Crippen LogP contribution in [-0.2, 0) is 9.53 Å². The molecule has 0 spiro atoms. The number of hydrogen-bond donors (Lipinski definition) is 2. The predicted octanol–water partition coefficient (Wildman–Crippen LogP) is -0.124. The molecular formula is C9H18N2O2. The second-order valence-electron chi connectivity index (χ2n) is 3.53. The van der Waals surface area contributed by atoms with Gasteiger partial charge in [0.15, 0.2) is 0 Å². The molecule has 2 atom stereocenters. The highest BCUT2D eigenvalue weighted by atomic mass is 16.5. The molecule has 0 saturated carbocycles. The molecule has 0 aromatic rings. The van der Waals surface area contributed by atoms with Gasteiger partial charge in [0, 0.05) is 12.5 Å². The summed E-state index contributed by atoms with van der Waals surface area (Å²) in [5.74, 6) is 0.129. The Morgan fingerprint density at radius 2 is 2.23 bits per heavy atom. The fraction of sp³-hybridized carbons (Fsp3) is 0.889. The van der Waals surface area contributed by atoms with E-state index in [0.717, 1.165) is 25.9 Å². The van der Waals surface area contributed by atoms with Gasteiger partial charge in [-0.05, 0) is 31.8 Å². The number of nitrogens with two attached hydrogens (primary N) is 1. The van der Waals surface area contributed by atoms with E-state index in [4.69, 9.17) is 5.73 Å². The van der Waals surface area contributed by atoms with E-state index >= 15 is 0 Å². The van der Waals surface area contributed by atoms with Crippen LogP contribution in [0.5, 0.6) is 0 Å². The molecule has 13 heavy (non-hydrogen) atoms. The van der Waals surface area contributed by atoms with Crippen LogP contribution in [0.1, 0.15) is 19.3 Å². The van der Waals surface area contributed by atoms with Crippen molar-refractivity contribution in [2.75, 3.05) is 20.2 Å². The van der Waals surface area contributed by atoms with Gasteiger partial charge in [0.2, 0.25) is 0 Å². The van der Waals surface area contributed by atoms with Crippen molar-refractivity contribution >= 4 is 5.97 Å².